The van der Waals surface area contributed by atoms with Gasteiger partial charge in [0.15, 0.2) is 5.76 Å². The van der Waals surface area contributed by atoms with Gasteiger partial charge in [0.2, 0.25) is 11.7 Å². The number of carbonyl (C=O) groups is 2. The molecule has 3 aromatic rings. The minimum absolute atomic E-state index is 0.0465. The van der Waals surface area contributed by atoms with Crippen LogP contribution in [0.5, 0.6) is 28.9 Å². The van der Waals surface area contributed by atoms with Crippen LogP contribution in [0.4, 0.5) is 0 Å². The maximum atomic E-state index is 13.2. The van der Waals surface area contributed by atoms with E-state index in [-0.39, 0.29) is 18.0 Å². The summed E-state index contributed by atoms with van der Waals surface area (Å²) < 4.78 is 27.7. The summed E-state index contributed by atoms with van der Waals surface area (Å²) in [6, 6.07) is 12.3. The van der Waals surface area contributed by atoms with E-state index in [0.29, 0.717) is 45.6 Å². The predicted octanol–water partition coefficient (Wildman–Crippen LogP) is 4.52. The van der Waals surface area contributed by atoms with Gasteiger partial charge < -0.3 is 23.7 Å². The van der Waals surface area contributed by atoms with Crippen LogP contribution in [0.1, 0.15) is 39.4 Å². The van der Waals surface area contributed by atoms with Gasteiger partial charge in [0, 0.05) is 34.9 Å². The second-order valence-corrected chi connectivity index (χ2v) is 7.73. The standard InChI is InChI=1S/C26H21NO7/c1-30-15-7-6-14(20(12-15)31-2)11-21-24(29)17-8-9-19-23(25(17)33-21)18(13-22(28)32-3)16-5-4-10-27-26(16)34-19/h4-12,18H,13H2,1-3H3/b21-11-/t18-/m0/s1. The number of methoxy groups -OCH3 is 3. The molecule has 8 nitrogen and oxygen atoms in total. The first kappa shape index (κ1) is 21.5. The number of allylic oxidation sites excluding steroid dienone is 1. The number of ketones is 1. The average molecular weight is 459 g/mol. The molecule has 1 atom stereocenters. The molecule has 0 radical (unpaired) electrons. The number of aromatic nitrogens is 1. The molecule has 2 aliphatic rings. The van der Waals surface area contributed by atoms with Gasteiger partial charge in [-0.3, -0.25) is 9.59 Å². The lowest BCUT2D eigenvalue weighted by Crippen LogP contribution is -2.16. The summed E-state index contributed by atoms with van der Waals surface area (Å²) in [6.45, 7) is 0. The van der Waals surface area contributed by atoms with Crippen LogP contribution in [0, 0.1) is 0 Å². The Balaban J connectivity index is 1.60. The Kier molecular flexibility index (Phi) is 5.41. The van der Waals surface area contributed by atoms with Crippen molar-refractivity contribution in [1.29, 1.82) is 0 Å². The van der Waals surface area contributed by atoms with E-state index in [4.69, 9.17) is 23.7 Å². The molecule has 3 heterocycles. The third kappa shape index (κ3) is 3.53. The molecule has 1 aromatic heterocycles. The van der Waals surface area contributed by atoms with Crippen molar-refractivity contribution in [3.8, 4) is 28.9 Å². The first-order chi connectivity index (χ1) is 16.5. The first-order valence-electron chi connectivity index (χ1n) is 10.6. The summed E-state index contributed by atoms with van der Waals surface area (Å²) in [5, 5.41) is 0. The highest BCUT2D eigenvalue weighted by Gasteiger charge is 2.39. The molecule has 0 spiro atoms. The van der Waals surface area contributed by atoms with Crippen molar-refractivity contribution in [1.82, 2.24) is 4.98 Å². The highest BCUT2D eigenvalue weighted by atomic mass is 16.5. The van der Waals surface area contributed by atoms with Gasteiger partial charge in [0.1, 0.15) is 23.0 Å². The van der Waals surface area contributed by atoms with Crippen molar-refractivity contribution < 1.29 is 33.3 Å². The Morgan fingerprint density at radius 1 is 1.09 bits per heavy atom. The molecule has 0 amide bonds. The summed E-state index contributed by atoms with van der Waals surface area (Å²) in [5.74, 6) is 1.45. The lowest BCUT2D eigenvalue weighted by Gasteiger charge is -2.27. The number of fused-ring (bicyclic) bond motifs is 4. The average Bonchev–Trinajstić information content (AvgIpc) is 3.18. The fourth-order valence-electron chi connectivity index (χ4n) is 4.23. The van der Waals surface area contributed by atoms with E-state index in [2.05, 4.69) is 4.98 Å². The van der Waals surface area contributed by atoms with E-state index >= 15 is 0 Å². The van der Waals surface area contributed by atoms with Crippen LogP contribution in [-0.2, 0) is 9.53 Å². The van der Waals surface area contributed by atoms with Crippen molar-refractivity contribution in [2.24, 2.45) is 0 Å². The molecule has 0 bridgehead atoms. The summed E-state index contributed by atoms with van der Waals surface area (Å²) in [6.07, 6.45) is 3.29. The van der Waals surface area contributed by atoms with Crippen LogP contribution >= 0.6 is 0 Å². The monoisotopic (exact) mass is 459 g/mol. The summed E-state index contributed by atoms with van der Waals surface area (Å²) in [7, 11) is 4.45. The second-order valence-electron chi connectivity index (χ2n) is 7.73. The van der Waals surface area contributed by atoms with E-state index < -0.39 is 11.9 Å². The van der Waals surface area contributed by atoms with Crippen LogP contribution < -0.4 is 18.9 Å². The molecule has 34 heavy (non-hydrogen) atoms. The van der Waals surface area contributed by atoms with Gasteiger partial charge in [-0.1, -0.05) is 6.07 Å². The normalized spacial score (nSPS) is 16.6. The quantitative estimate of drug-likeness (QED) is 0.406. The third-order valence-corrected chi connectivity index (χ3v) is 5.89. The van der Waals surface area contributed by atoms with Gasteiger partial charge >= 0.3 is 5.97 Å². The maximum absolute atomic E-state index is 13.2. The second kappa shape index (κ2) is 8.55. The van der Waals surface area contributed by atoms with Crippen molar-refractivity contribution in [2.75, 3.05) is 21.3 Å². The fraction of sp³-hybridized carbons (Fsp3) is 0.192. The number of benzene rings is 2. The smallest absolute Gasteiger partial charge is 0.306 e. The Bertz CT molecular complexity index is 1340. The first-order valence-corrected chi connectivity index (χ1v) is 10.6. The Morgan fingerprint density at radius 2 is 1.94 bits per heavy atom. The van der Waals surface area contributed by atoms with Crippen LogP contribution in [-0.4, -0.2) is 38.1 Å². The van der Waals surface area contributed by atoms with E-state index in [9.17, 15) is 9.59 Å². The summed E-state index contributed by atoms with van der Waals surface area (Å²) in [5.41, 5.74) is 2.38. The maximum Gasteiger partial charge on any atom is 0.306 e. The number of carbonyl (C=O) groups excluding carboxylic acids is 2. The molecule has 0 N–H and O–H groups in total. The SMILES string of the molecule is COC(=O)C[C@H]1c2cccnc2Oc2ccc3c(c21)O/C(=C\c1ccc(OC)cc1OC)C3=O. The molecule has 2 aromatic carbocycles. The molecule has 2 aliphatic heterocycles. The molecule has 0 aliphatic carbocycles. The van der Waals surface area contributed by atoms with E-state index in [1.165, 1.54) is 7.11 Å². The minimum Gasteiger partial charge on any atom is -0.497 e. The number of rotatable bonds is 5. The van der Waals surface area contributed by atoms with E-state index in [1.54, 1.807) is 62.9 Å². The minimum atomic E-state index is -0.447. The fourth-order valence-corrected chi connectivity index (χ4v) is 4.23. The zero-order chi connectivity index (χ0) is 23.8. The number of hydrogen-bond acceptors (Lipinski definition) is 8. The van der Waals surface area contributed by atoms with Crippen molar-refractivity contribution in [3.05, 3.63) is 76.7 Å². The van der Waals surface area contributed by atoms with Gasteiger partial charge in [-0.2, -0.15) is 0 Å². The molecular weight excluding hydrogens is 438 g/mol. The van der Waals surface area contributed by atoms with Gasteiger partial charge in [0.25, 0.3) is 0 Å². The molecule has 8 heteroatoms. The topological polar surface area (TPSA) is 93.2 Å². The number of ether oxygens (including phenoxy) is 5. The number of hydrogen-bond donors (Lipinski definition) is 0. The van der Waals surface area contributed by atoms with Crippen LogP contribution in [0.2, 0.25) is 0 Å². The molecule has 0 fully saturated rings. The van der Waals surface area contributed by atoms with Crippen LogP contribution in [0.15, 0.2) is 54.4 Å². The Morgan fingerprint density at radius 3 is 2.71 bits per heavy atom. The highest BCUT2D eigenvalue weighted by molar-refractivity contribution is 6.15. The molecular formula is C26H21NO7. The molecule has 172 valence electrons. The van der Waals surface area contributed by atoms with Gasteiger partial charge in [-0.05, 0) is 36.4 Å². The summed E-state index contributed by atoms with van der Waals surface area (Å²) >= 11 is 0. The third-order valence-electron chi connectivity index (χ3n) is 5.89. The number of nitrogens with zero attached hydrogens (tertiary/aromatic N) is 1. The van der Waals surface area contributed by atoms with Gasteiger partial charge in [-0.15, -0.1) is 0 Å². The zero-order valence-corrected chi connectivity index (χ0v) is 18.8. The van der Waals surface area contributed by atoms with E-state index in [1.807, 2.05) is 6.07 Å². The lowest BCUT2D eigenvalue weighted by atomic mass is 9.85. The molecule has 5 rings (SSSR count). The molecule has 0 saturated heterocycles. The number of esters is 1. The largest absolute Gasteiger partial charge is 0.497 e. The van der Waals surface area contributed by atoms with Crippen LogP contribution in [0.3, 0.4) is 0 Å². The van der Waals surface area contributed by atoms with Crippen molar-refractivity contribution in [3.63, 3.8) is 0 Å². The van der Waals surface area contributed by atoms with Crippen LogP contribution in [0.25, 0.3) is 6.08 Å². The Labute approximate surface area is 195 Å². The van der Waals surface area contributed by atoms with Crippen molar-refractivity contribution in [2.45, 2.75) is 12.3 Å². The Hall–Kier alpha value is -4.33. The van der Waals surface area contributed by atoms with E-state index in [0.717, 1.165) is 5.56 Å². The lowest BCUT2D eigenvalue weighted by molar-refractivity contribution is -0.140. The number of pyridine rings is 1. The van der Waals surface area contributed by atoms with Crippen molar-refractivity contribution >= 4 is 17.8 Å². The molecule has 0 saturated carbocycles. The highest BCUT2D eigenvalue weighted by Crippen LogP contribution is 2.52. The number of Topliss-reactive ketones (excluding diaryl/α,β-unsaturated/α-hetero) is 1. The predicted molar refractivity (Wildman–Crippen MR) is 122 cm³/mol. The zero-order valence-electron chi connectivity index (χ0n) is 18.8. The van der Waals surface area contributed by atoms with Gasteiger partial charge in [0.05, 0.1) is 33.3 Å². The summed E-state index contributed by atoms with van der Waals surface area (Å²) in [4.78, 5) is 29.8. The van der Waals surface area contributed by atoms with Gasteiger partial charge in [-0.25, -0.2) is 4.98 Å². The molecule has 0 unspecified atom stereocenters.